The molecule has 3 rings (SSSR count). The van der Waals surface area contributed by atoms with E-state index in [0.717, 1.165) is 0 Å². The van der Waals surface area contributed by atoms with E-state index < -0.39 is 11.9 Å². The number of carbonyl (C=O) groups is 2. The summed E-state index contributed by atoms with van der Waals surface area (Å²) in [4.78, 5) is 24.3. The maximum Gasteiger partial charge on any atom is 0.414 e. The van der Waals surface area contributed by atoms with Gasteiger partial charge in [-0.2, -0.15) is 0 Å². The second kappa shape index (κ2) is 8.67. The Morgan fingerprint density at radius 1 is 1.08 bits per heavy atom. The highest BCUT2D eigenvalue weighted by Gasteiger charge is 2.25. The Hall–Kier alpha value is -2.34. The Bertz CT molecular complexity index is 720. The second-order valence-corrected chi connectivity index (χ2v) is 6.36. The number of rotatable bonds is 5. The molecule has 0 aliphatic heterocycles. The molecule has 0 radical (unpaired) electrons. The zero-order chi connectivity index (χ0) is 18.4. The highest BCUT2D eigenvalue weighted by molar-refractivity contribution is 6.27. The van der Waals surface area contributed by atoms with Crippen LogP contribution in [0.1, 0.15) is 37.8 Å². The van der Waals surface area contributed by atoms with Gasteiger partial charge in [0.2, 0.25) is 0 Å². The van der Waals surface area contributed by atoms with Crippen molar-refractivity contribution in [3.63, 3.8) is 0 Å². The lowest BCUT2D eigenvalue weighted by molar-refractivity contribution is -0.159. The Morgan fingerprint density at radius 3 is 2.24 bits per heavy atom. The summed E-state index contributed by atoms with van der Waals surface area (Å²) in [5, 5.41) is 16.3. The summed E-state index contributed by atoms with van der Waals surface area (Å²) < 4.78 is 0. The van der Waals surface area contributed by atoms with Crippen LogP contribution in [0.25, 0.3) is 10.9 Å². The van der Waals surface area contributed by atoms with Crippen LogP contribution in [0, 0.1) is 0 Å². The van der Waals surface area contributed by atoms with Crippen LogP contribution in [0.5, 0.6) is 0 Å². The highest BCUT2D eigenvalue weighted by Crippen LogP contribution is 2.31. The summed E-state index contributed by atoms with van der Waals surface area (Å²) in [6.07, 6.45) is 7.14. The van der Waals surface area contributed by atoms with Gasteiger partial charge in [0.1, 0.15) is 0 Å². The number of aliphatic carboxylic acids is 2. The van der Waals surface area contributed by atoms with Crippen LogP contribution >= 0.6 is 0 Å². The van der Waals surface area contributed by atoms with E-state index in [2.05, 4.69) is 48.1 Å². The van der Waals surface area contributed by atoms with Gasteiger partial charge >= 0.3 is 11.9 Å². The van der Waals surface area contributed by atoms with Gasteiger partial charge in [-0.05, 0) is 56.0 Å². The van der Waals surface area contributed by atoms with E-state index >= 15 is 0 Å². The van der Waals surface area contributed by atoms with Gasteiger partial charge in [0.05, 0.1) is 0 Å². The molecule has 1 aliphatic rings. The molecule has 1 aromatic heterocycles. The van der Waals surface area contributed by atoms with Crippen molar-refractivity contribution in [2.24, 2.45) is 0 Å². The summed E-state index contributed by atoms with van der Waals surface area (Å²) in [5.74, 6) is -3.65. The molecule has 0 saturated heterocycles. The van der Waals surface area contributed by atoms with Gasteiger partial charge in [0.25, 0.3) is 0 Å². The summed E-state index contributed by atoms with van der Waals surface area (Å²) in [5.41, 5.74) is 4.35. The first kappa shape index (κ1) is 19.0. The minimum Gasteiger partial charge on any atom is -0.473 e. The first-order valence-electron chi connectivity index (χ1n) is 8.76. The van der Waals surface area contributed by atoms with Crippen molar-refractivity contribution in [2.75, 3.05) is 13.1 Å². The number of nitrogens with zero attached hydrogens (tertiary/aromatic N) is 1. The predicted molar refractivity (Wildman–Crippen MR) is 96.9 cm³/mol. The van der Waals surface area contributed by atoms with Crippen molar-refractivity contribution in [2.45, 2.75) is 45.6 Å². The molecular weight excluding hydrogens is 320 g/mol. The summed E-state index contributed by atoms with van der Waals surface area (Å²) in [6.45, 7) is 7.03. The number of hydrogen-bond donors (Lipinski definition) is 3. The average Bonchev–Trinajstić information content (AvgIpc) is 3.00. The maximum atomic E-state index is 9.10. The lowest BCUT2D eigenvalue weighted by Crippen LogP contribution is -2.40. The van der Waals surface area contributed by atoms with Crippen molar-refractivity contribution in [1.29, 1.82) is 0 Å². The molecule has 136 valence electrons. The highest BCUT2D eigenvalue weighted by atomic mass is 16.4. The number of nitrogens with one attached hydrogen (secondary N) is 1. The topological polar surface area (TPSA) is 93.6 Å². The molecule has 6 heteroatoms. The fourth-order valence-electron chi connectivity index (χ4n) is 3.56. The third-order valence-electron chi connectivity index (χ3n) is 4.51. The van der Waals surface area contributed by atoms with Gasteiger partial charge in [0, 0.05) is 23.1 Å². The number of carboxylic acid groups (broad SMARTS) is 2. The first-order valence-corrected chi connectivity index (χ1v) is 8.76. The summed E-state index contributed by atoms with van der Waals surface area (Å²) in [7, 11) is 0. The second-order valence-electron chi connectivity index (χ2n) is 6.36. The van der Waals surface area contributed by atoms with Crippen LogP contribution in [0.15, 0.2) is 24.4 Å². The van der Waals surface area contributed by atoms with E-state index in [4.69, 9.17) is 19.8 Å². The molecule has 1 unspecified atom stereocenters. The van der Waals surface area contributed by atoms with Crippen LogP contribution in [0.3, 0.4) is 0 Å². The third kappa shape index (κ3) is 4.60. The Balaban J connectivity index is 0.000000326. The molecule has 3 N–H and O–H groups in total. The molecule has 0 fully saturated rings. The van der Waals surface area contributed by atoms with E-state index in [1.54, 1.807) is 0 Å². The summed E-state index contributed by atoms with van der Waals surface area (Å²) >= 11 is 0. The van der Waals surface area contributed by atoms with Crippen molar-refractivity contribution in [1.82, 2.24) is 9.88 Å². The molecule has 1 heterocycles. The van der Waals surface area contributed by atoms with Crippen LogP contribution in [-0.4, -0.2) is 51.2 Å². The molecule has 1 aromatic carbocycles. The SMILES string of the molecule is CCCN(CCC)C1Cc2cccc3[nH]cc(c23)C1.O=C(O)C(=O)O. The lowest BCUT2D eigenvalue weighted by atomic mass is 9.88. The molecule has 0 bridgehead atoms. The van der Waals surface area contributed by atoms with Crippen LogP contribution < -0.4 is 0 Å². The van der Waals surface area contributed by atoms with E-state index in [1.807, 2.05) is 0 Å². The predicted octanol–water partition coefficient (Wildman–Crippen LogP) is 2.91. The fourth-order valence-corrected chi connectivity index (χ4v) is 3.56. The van der Waals surface area contributed by atoms with Crippen LogP contribution in [0.2, 0.25) is 0 Å². The molecule has 6 nitrogen and oxygen atoms in total. The van der Waals surface area contributed by atoms with Gasteiger partial charge in [-0.15, -0.1) is 0 Å². The number of hydrogen-bond acceptors (Lipinski definition) is 3. The smallest absolute Gasteiger partial charge is 0.414 e. The number of aromatic amines is 1. The van der Waals surface area contributed by atoms with E-state index in [0.29, 0.717) is 6.04 Å². The Labute approximate surface area is 147 Å². The van der Waals surface area contributed by atoms with Gasteiger partial charge in [-0.25, -0.2) is 9.59 Å². The molecular formula is C19H26N2O4. The first-order chi connectivity index (χ1) is 12.0. The van der Waals surface area contributed by atoms with E-state index in [-0.39, 0.29) is 0 Å². The van der Waals surface area contributed by atoms with Crippen molar-refractivity contribution >= 4 is 22.8 Å². The number of carboxylic acids is 2. The minimum absolute atomic E-state index is 0.689. The molecule has 1 atom stereocenters. The third-order valence-corrected chi connectivity index (χ3v) is 4.51. The van der Waals surface area contributed by atoms with E-state index in [9.17, 15) is 0 Å². The summed E-state index contributed by atoms with van der Waals surface area (Å²) in [6, 6.07) is 7.37. The number of benzene rings is 1. The van der Waals surface area contributed by atoms with Gasteiger partial charge < -0.3 is 15.2 Å². The van der Waals surface area contributed by atoms with Crippen molar-refractivity contribution in [3.05, 3.63) is 35.5 Å². The van der Waals surface area contributed by atoms with E-state index in [1.165, 1.54) is 60.8 Å². The zero-order valence-corrected chi connectivity index (χ0v) is 14.8. The van der Waals surface area contributed by atoms with Crippen molar-refractivity contribution in [3.8, 4) is 0 Å². The monoisotopic (exact) mass is 346 g/mol. The zero-order valence-electron chi connectivity index (χ0n) is 14.8. The fraction of sp³-hybridized carbons (Fsp3) is 0.474. The van der Waals surface area contributed by atoms with Gasteiger partial charge in [0.15, 0.2) is 0 Å². The molecule has 0 amide bonds. The molecule has 1 aliphatic carbocycles. The molecule has 25 heavy (non-hydrogen) atoms. The maximum absolute atomic E-state index is 9.10. The largest absolute Gasteiger partial charge is 0.473 e. The lowest BCUT2D eigenvalue weighted by Gasteiger charge is -2.34. The molecule has 0 saturated carbocycles. The van der Waals surface area contributed by atoms with Crippen molar-refractivity contribution < 1.29 is 19.8 Å². The normalized spacial score (nSPS) is 15.7. The average molecular weight is 346 g/mol. The molecule has 0 spiro atoms. The number of aromatic nitrogens is 1. The Kier molecular flexibility index (Phi) is 6.58. The van der Waals surface area contributed by atoms with Crippen LogP contribution in [-0.2, 0) is 22.4 Å². The van der Waals surface area contributed by atoms with Crippen LogP contribution in [0.4, 0.5) is 0 Å². The Morgan fingerprint density at radius 2 is 1.68 bits per heavy atom. The molecule has 2 aromatic rings. The quantitative estimate of drug-likeness (QED) is 0.724. The van der Waals surface area contributed by atoms with Gasteiger partial charge in [-0.1, -0.05) is 26.0 Å². The minimum atomic E-state index is -1.82. The number of H-pyrrole nitrogens is 1. The van der Waals surface area contributed by atoms with Gasteiger partial charge in [-0.3, -0.25) is 4.90 Å². The standard InChI is InChI=1S/C17H24N2.C2H2O4/c1-3-8-19(9-4-2)15-10-13-6-5-7-16-17(13)14(11-15)12-18-16;3-1(4)2(5)6/h5-7,12,15,18H,3-4,8-11H2,1-2H3;(H,3,4)(H,5,6).